The molecule has 0 aliphatic carbocycles. The Morgan fingerprint density at radius 3 is 2.33 bits per heavy atom. The van der Waals surface area contributed by atoms with Crippen molar-refractivity contribution in [3.05, 3.63) is 46.2 Å². The van der Waals surface area contributed by atoms with Crippen LogP contribution in [0.25, 0.3) is 0 Å². The van der Waals surface area contributed by atoms with Crippen molar-refractivity contribution in [2.45, 2.75) is 0 Å². The van der Waals surface area contributed by atoms with Crippen LogP contribution in [0.2, 0.25) is 0 Å². The molecule has 0 bridgehead atoms. The molecule has 0 unspecified atom stereocenters. The second-order valence-corrected chi connectivity index (χ2v) is 6.58. The normalized spacial score (nSPS) is 16.3. The molecule has 0 atom stereocenters. The predicted molar refractivity (Wildman–Crippen MR) is 88.7 cm³/mol. The van der Waals surface area contributed by atoms with Crippen molar-refractivity contribution in [3.8, 4) is 11.5 Å². The molecule has 124 valence electrons. The van der Waals surface area contributed by atoms with E-state index in [0.717, 1.165) is 4.88 Å². The molecule has 2 aliphatic rings. The van der Waals surface area contributed by atoms with Crippen molar-refractivity contribution in [1.29, 1.82) is 0 Å². The van der Waals surface area contributed by atoms with Gasteiger partial charge in [0.15, 0.2) is 11.5 Å². The lowest BCUT2D eigenvalue weighted by Gasteiger charge is -2.34. The smallest absolute Gasteiger partial charge is 0.264 e. The lowest BCUT2D eigenvalue weighted by atomic mass is 10.1. The molecule has 1 aromatic heterocycles. The first-order valence-corrected chi connectivity index (χ1v) is 8.62. The van der Waals surface area contributed by atoms with E-state index in [-0.39, 0.29) is 18.6 Å². The van der Waals surface area contributed by atoms with Crippen molar-refractivity contribution in [3.63, 3.8) is 0 Å². The van der Waals surface area contributed by atoms with Gasteiger partial charge in [-0.2, -0.15) is 0 Å². The van der Waals surface area contributed by atoms with Gasteiger partial charge in [-0.1, -0.05) is 6.07 Å². The van der Waals surface area contributed by atoms with E-state index in [2.05, 4.69) is 0 Å². The number of fused-ring (bicyclic) bond motifs is 1. The van der Waals surface area contributed by atoms with Crippen molar-refractivity contribution >= 4 is 23.2 Å². The SMILES string of the molecule is O=C(c1ccc2c(c1)OCO2)N1CCN(C(=O)c2cccs2)CC1. The third-order valence-electron chi connectivity index (χ3n) is 4.21. The number of carbonyl (C=O) groups excluding carboxylic acids is 2. The summed E-state index contributed by atoms with van der Waals surface area (Å²) in [5.41, 5.74) is 0.581. The van der Waals surface area contributed by atoms with Crippen LogP contribution in [-0.4, -0.2) is 54.6 Å². The van der Waals surface area contributed by atoms with Crippen molar-refractivity contribution < 1.29 is 19.1 Å². The number of nitrogens with zero attached hydrogens (tertiary/aromatic N) is 2. The summed E-state index contributed by atoms with van der Waals surface area (Å²) in [6.45, 7) is 2.35. The van der Waals surface area contributed by atoms with E-state index >= 15 is 0 Å². The van der Waals surface area contributed by atoms with Crippen LogP contribution in [0.15, 0.2) is 35.7 Å². The topological polar surface area (TPSA) is 59.1 Å². The van der Waals surface area contributed by atoms with Gasteiger partial charge in [0, 0.05) is 31.7 Å². The maximum atomic E-state index is 12.6. The number of rotatable bonds is 2. The predicted octanol–water partition coefficient (Wildman–Crippen LogP) is 2.08. The number of benzene rings is 1. The fourth-order valence-corrected chi connectivity index (χ4v) is 3.57. The van der Waals surface area contributed by atoms with E-state index in [1.807, 2.05) is 17.5 Å². The Kier molecular flexibility index (Phi) is 3.86. The first-order valence-electron chi connectivity index (χ1n) is 7.74. The van der Waals surface area contributed by atoms with Crippen LogP contribution in [0.5, 0.6) is 11.5 Å². The van der Waals surface area contributed by atoms with Crippen LogP contribution in [-0.2, 0) is 0 Å². The number of thiophene rings is 1. The molecule has 7 heteroatoms. The van der Waals surface area contributed by atoms with Gasteiger partial charge in [-0.15, -0.1) is 11.3 Å². The molecule has 2 aliphatic heterocycles. The van der Waals surface area contributed by atoms with Gasteiger partial charge in [-0.25, -0.2) is 0 Å². The lowest BCUT2D eigenvalue weighted by molar-refractivity contribution is 0.0538. The van der Waals surface area contributed by atoms with Gasteiger partial charge in [-0.05, 0) is 29.6 Å². The summed E-state index contributed by atoms with van der Waals surface area (Å²) in [5, 5.41) is 1.90. The molecule has 0 radical (unpaired) electrons. The minimum Gasteiger partial charge on any atom is -0.454 e. The van der Waals surface area contributed by atoms with Crippen LogP contribution in [0.3, 0.4) is 0 Å². The minimum absolute atomic E-state index is 0.0418. The Labute approximate surface area is 143 Å². The van der Waals surface area contributed by atoms with E-state index < -0.39 is 0 Å². The minimum atomic E-state index is -0.0449. The first-order chi connectivity index (χ1) is 11.7. The summed E-state index contributed by atoms with van der Waals surface area (Å²) in [4.78, 5) is 29.3. The fourth-order valence-electron chi connectivity index (χ4n) is 2.88. The van der Waals surface area contributed by atoms with E-state index in [9.17, 15) is 9.59 Å². The lowest BCUT2D eigenvalue weighted by Crippen LogP contribution is -2.50. The molecule has 0 spiro atoms. The number of piperazine rings is 1. The number of hydrogen-bond donors (Lipinski definition) is 0. The summed E-state index contributed by atoms with van der Waals surface area (Å²) in [6, 6.07) is 8.92. The number of hydrogen-bond acceptors (Lipinski definition) is 5. The highest BCUT2D eigenvalue weighted by Gasteiger charge is 2.26. The van der Waals surface area contributed by atoms with Gasteiger partial charge in [0.1, 0.15) is 0 Å². The van der Waals surface area contributed by atoms with Crippen LogP contribution in [0.1, 0.15) is 20.0 Å². The number of carbonyl (C=O) groups is 2. The number of amides is 2. The first kappa shape index (κ1) is 15.0. The maximum absolute atomic E-state index is 12.6. The maximum Gasteiger partial charge on any atom is 0.264 e. The standard InChI is InChI=1S/C17H16N2O4S/c20-16(12-3-4-13-14(10-12)23-11-22-13)18-5-7-19(8-6-18)17(21)15-2-1-9-24-15/h1-4,9-10H,5-8,11H2. The Morgan fingerprint density at radius 2 is 1.62 bits per heavy atom. The largest absolute Gasteiger partial charge is 0.454 e. The van der Waals surface area contributed by atoms with E-state index in [0.29, 0.717) is 43.2 Å². The molecule has 4 rings (SSSR count). The fraction of sp³-hybridized carbons (Fsp3) is 0.294. The van der Waals surface area contributed by atoms with Crippen LogP contribution < -0.4 is 9.47 Å². The van der Waals surface area contributed by atoms with Crippen LogP contribution in [0, 0.1) is 0 Å². The van der Waals surface area contributed by atoms with Gasteiger partial charge in [0.2, 0.25) is 6.79 Å². The molecule has 2 amide bonds. The van der Waals surface area contributed by atoms with E-state index in [1.165, 1.54) is 11.3 Å². The molecule has 0 saturated carbocycles. The Balaban J connectivity index is 1.40. The molecule has 0 N–H and O–H groups in total. The summed E-state index contributed by atoms with van der Waals surface area (Å²) < 4.78 is 10.6. The zero-order valence-electron chi connectivity index (χ0n) is 12.9. The quantitative estimate of drug-likeness (QED) is 0.837. The monoisotopic (exact) mass is 344 g/mol. The van der Waals surface area contributed by atoms with Gasteiger partial charge < -0.3 is 19.3 Å². The average Bonchev–Trinajstić information content (AvgIpc) is 3.31. The summed E-state index contributed by atoms with van der Waals surface area (Å²) in [6.07, 6.45) is 0. The van der Waals surface area contributed by atoms with E-state index in [1.54, 1.807) is 28.0 Å². The molecular formula is C17H16N2O4S. The van der Waals surface area contributed by atoms with Crippen molar-refractivity contribution in [2.24, 2.45) is 0 Å². The Morgan fingerprint density at radius 1 is 0.917 bits per heavy atom. The molecule has 24 heavy (non-hydrogen) atoms. The highest BCUT2D eigenvalue weighted by atomic mass is 32.1. The Bertz CT molecular complexity index is 767. The van der Waals surface area contributed by atoms with Gasteiger partial charge in [-0.3, -0.25) is 9.59 Å². The van der Waals surface area contributed by atoms with Crippen molar-refractivity contribution in [2.75, 3.05) is 33.0 Å². The van der Waals surface area contributed by atoms with Crippen LogP contribution >= 0.6 is 11.3 Å². The van der Waals surface area contributed by atoms with Crippen molar-refractivity contribution in [1.82, 2.24) is 9.80 Å². The average molecular weight is 344 g/mol. The Hall–Kier alpha value is -2.54. The molecular weight excluding hydrogens is 328 g/mol. The van der Waals surface area contributed by atoms with Gasteiger partial charge in [0.05, 0.1) is 4.88 Å². The third-order valence-corrected chi connectivity index (χ3v) is 5.06. The second kappa shape index (κ2) is 6.16. The summed E-state index contributed by atoms with van der Waals surface area (Å²) >= 11 is 1.44. The third kappa shape index (κ3) is 2.71. The molecule has 1 aromatic carbocycles. The second-order valence-electron chi connectivity index (χ2n) is 5.63. The zero-order valence-corrected chi connectivity index (χ0v) is 13.8. The molecule has 1 fully saturated rings. The number of ether oxygens (including phenoxy) is 2. The summed E-state index contributed by atoms with van der Waals surface area (Å²) in [7, 11) is 0. The highest BCUT2D eigenvalue weighted by molar-refractivity contribution is 7.12. The van der Waals surface area contributed by atoms with Crippen LogP contribution in [0.4, 0.5) is 0 Å². The molecule has 3 heterocycles. The van der Waals surface area contributed by atoms with Gasteiger partial charge in [0.25, 0.3) is 11.8 Å². The highest BCUT2D eigenvalue weighted by Crippen LogP contribution is 2.32. The summed E-state index contributed by atoms with van der Waals surface area (Å²) in [5.74, 6) is 1.27. The molecule has 1 saturated heterocycles. The van der Waals surface area contributed by atoms with E-state index in [4.69, 9.17) is 9.47 Å². The molecule has 2 aromatic rings. The molecule has 6 nitrogen and oxygen atoms in total. The van der Waals surface area contributed by atoms with Gasteiger partial charge >= 0.3 is 0 Å². The zero-order chi connectivity index (χ0) is 16.5.